The number of amides is 2. The van der Waals surface area contributed by atoms with Crippen LogP contribution in [0.15, 0.2) is 48.5 Å². The summed E-state index contributed by atoms with van der Waals surface area (Å²) in [7, 11) is 3.13. The molecule has 7 heteroatoms. The highest BCUT2D eigenvalue weighted by atomic mass is 16.5. The Balaban J connectivity index is 2.18. The number of hydrogen-bond acceptors (Lipinski definition) is 5. The molecule has 0 heterocycles. The van der Waals surface area contributed by atoms with E-state index in [1.807, 2.05) is 37.3 Å². The minimum absolute atomic E-state index is 0.203. The van der Waals surface area contributed by atoms with Crippen LogP contribution in [-0.2, 0) is 16.1 Å². The summed E-state index contributed by atoms with van der Waals surface area (Å²) in [5.74, 6) is 1.19. The van der Waals surface area contributed by atoms with E-state index in [0.29, 0.717) is 23.8 Å². The van der Waals surface area contributed by atoms with Crippen LogP contribution in [0, 0.1) is 0 Å². The normalized spacial score (nSPS) is 11.3. The minimum atomic E-state index is -0.656. The third-order valence-corrected chi connectivity index (χ3v) is 4.62. The van der Waals surface area contributed by atoms with Crippen molar-refractivity contribution in [3.63, 3.8) is 0 Å². The van der Waals surface area contributed by atoms with Crippen LogP contribution in [0.2, 0.25) is 0 Å². The lowest BCUT2D eigenvalue weighted by Gasteiger charge is -2.29. The smallest absolute Gasteiger partial charge is 0.261 e. The van der Waals surface area contributed by atoms with Crippen molar-refractivity contribution >= 4 is 11.8 Å². The zero-order chi connectivity index (χ0) is 21.9. The summed E-state index contributed by atoms with van der Waals surface area (Å²) < 4.78 is 16.2. The predicted octanol–water partition coefficient (Wildman–Crippen LogP) is 3.03. The summed E-state index contributed by atoms with van der Waals surface area (Å²) in [5.41, 5.74) is 0.857. The van der Waals surface area contributed by atoms with E-state index in [2.05, 4.69) is 5.32 Å². The molecular formula is C23H30N2O5. The number of carbonyl (C=O) groups excluding carboxylic acids is 2. The van der Waals surface area contributed by atoms with E-state index < -0.39 is 6.04 Å². The Morgan fingerprint density at radius 1 is 1.03 bits per heavy atom. The van der Waals surface area contributed by atoms with Gasteiger partial charge in [-0.05, 0) is 43.2 Å². The maximum atomic E-state index is 13.0. The number of para-hydroxylation sites is 2. The van der Waals surface area contributed by atoms with Gasteiger partial charge in [0, 0.05) is 13.1 Å². The first-order valence-electron chi connectivity index (χ1n) is 9.96. The van der Waals surface area contributed by atoms with Gasteiger partial charge < -0.3 is 24.4 Å². The molecule has 0 radical (unpaired) electrons. The van der Waals surface area contributed by atoms with Gasteiger partial charge in [-0.2, -0.15) is 0 Å². The molecule has 0 aliphatic carbocycles. The SMILES string of the molecule is CCCNC(=O)C(C)N(Cc1cccc(OC)c1)C(=O)COc1ccccc1OC. The van der Waals surface area contributed by atoms with Crippen LogP contribution in [0.4, 0.5) is 0 Å². The summed E-state index contributed by atoms with van der Waals surface area (Å²) in [5, 5.41) is 2.85. The Kier molecular flexibility index (Phi) is 9.00. The average Bonchev–Trinajstić information content (AvgIpc) is 2.79. The molecule has 7 nitrogen and oxygen atoms in total. The number of nitrogens with zero attached hydrogens (tertiary/aromatic N) is 1. The second kappa shape index (κ2) is 11.7. The summed E-state index contributed by atoms with van der Waals surface area (Å²) in [6.07, 6.45) is 0.819. The van der Waals surface area contributed by atoms with Gasteiger partial charge in [0.15, 0.2) is 18.1 Å². The highest BCUT2D eigenvalue weighted by molar-refractivity contribution is 5.88. The monoisotopic (exact) mass is 414 g/mol. The quantitative estimate of drug-likeness (QED) is 0.612. The van der Waals surface area contributed by atoms with Crippen molar-refractivity contribution in [1.29, 1.82) is 0 Å². The maximum Gasteiger partial charge on any atom is 0.261 e. The zero-order valence-corrected chi connectivity index (χ0v) is 18.0. The van der Waals surface area contributed by atoms with Crippen LogP contribution in [0.1, 0.15) is 25.8 Å². The lowest BCUT2D eigenvalue weighted by molar-refractivity contribution is -0.142. The molecule has 1 N–H and O–H groups in total. The summed E-state index contributed by atoms with van der Waals surface area (Å²) in [6, 6.07) is 13.9. The topological polar surface area (TPSA) is 77.1 Å². The van der Waals surface area contributed by atoms with Crippen molar-refractivity contribution in [2.75, 3.05) is 27.4 Å². The molecule has 0 spiro atoms. The fourth-order valence-corrected chi connectivity index (χ4v) is 2.91. The third-order valence-electron chi connectivity index (χ3n) is 4.62. The molecule has 2 amide bonds. The largest absolute Gasteiger partial charge is 0.497 e. The van der Waals surface area contributed by atoms with E-state index in [1.54, 1.807) is 39.3 Å². The number of nitrogens with one attached hydrogen (secondary N) is 1. The fourth-order valence-electron chi connectivity index (χ4n) is 2.91. The molecule has 30 heavy (non-hydrogen) atoms. The fraction of sp³-hybridized carbons (Fsp3) is 0.391. The third kappa shape index (κ3) is 6.40. The Bertz CT molecular complexity index is 840. The highest BCUT2D eigenvalue weighted by Gasteiger charge is 2.26. The van der Waals surface area contributed by atoms with Gasteiger partial charge in [0.05, 0.1) is 14.2 Å². The van der Waals surface area contributed by atoms with E-state index in [-0.39, 0.29) is 25.0 Å². The van der Waals surface area contributed by atoms with Gasteiger partial charge in [0.2, 0.25) is 5.91 Å². The first-order valence-corrected chi connectivity index (χ1v) is 9.96. The van der Waals surface area contributed by atoms with Crippen LogP contribution in [-0.4, -0.2) is 50.1 Å². The zero-order valence-electron chi connectivity index (χ0n) is 18.0. The van der Waals surface area contributed by atoms with E-state index >= 15 is 0 Å². The van der Waals surface area contributed by atoms with Crippen molar-refractivity contribution < 1.29 is 23.8 Å². The van der Waals surface area contributed by atoms with Crippen molar-refractivity contribution in [2.24, 2.45) is 0 Å². The van der Waals surface area contributed by atoms with Gasteiger partial charge in [-0.3, -0.25) is 9.59 Å². The molecule has 2 aromatic rings. The van der Waals surface area contributed by atoms with Crippen molar-refractivity contribution in [2.45, 2.75) is 32.9 Å². The second-order valence-corrected chi connectivity index (χ2v) is 6.78. The summed E-state index contributed by atoms with van der Waals surface area (Å²) >= 11 is 0. The van der Waals surface area contributed by atoms with Crippen LogP contribution >= 0.6 is 0 Å². The predicted molar refractivity (Wildman–Crippen MR) is 115 cm³/mol. The minimum Gasteiger partial charge on any atom is -0.497 e. The summed E-state index contributed by atoms with van der Waals surface area (Å²) in [6.45, 7) is 4.29. The number of ether oxygens (including phenoxy) is 3. The lowest BCUT2D eigenvalue weighted by atomic mass is 10.1. The Morgan fingerprint density at radius 3 is 2.43 bits per heavy atom. The lowest BCUT2D eigenvalue weighted by Crippen LogP contribution is -2.49. The molecule has 0 aliphatic heterocycles. The molecule has 1 unspecified atom stereocenters. The molecule has 0 saturated carbocycles. The molecule has 1 atom stereocenters. The number of methoxy groups -OCH3 is 2. The molecule has 162 valence electrons. The van der Waals surface area contributed by atoms with E-state index in [9.17, 15) is 9.59 Å². The standard InChI is InChI=1S/C23H30N2O5/c1-5-13-24-23(27)17(2)25(15-18-9-8-10-19(14-18)28-3)22(26)16-30-21-12-7-6-11-20(21)29-4/h6-12,14,17H,5,13,15-16H2,1-4H3,(H,24,27). The number of rotatable bonds is 11. The molecule has 0 saturated heterocycles. The maximum absolute atomic E-state index is 13.0. The van der Waals surface area contributed by atoms with Gasteiger partial charge in [-0.25, -0.2) is 0 Å². The molecule has 2 aromatic carbocycles. The first-order chi connectivity index (χ1) is 14.5. The van der Waals surface area contributed by atoms with Gasteiger partial charge in [-0.15, -0.1) is 0 Å². The van der Waals surface area contributed by atoms with Gasteiger partial charge >= 0.3 is 0 Å². The van der Waals surface area contributed by atoms with E-state index in [4.69, 9.17) is 14.2 Å². The second-order valence-electron chi connectivity index (χ2n) is 6.78. The molecule has 0 fully saturated rings. The van der Waals surface area contributed by atoms with Gasteiger partial charge in [0.25, 0.3) is 5.91 Å². The van der Waals surface area contributed by atoms with Crippen LogP contribution in [0.5, 0.6) is 17.2 Å². The average molecular weight is 415 g/mol. The molecule has 2 rings (SSSR count). The number of hydrogen-bond donors (Lipinski definition) is 1. The van der Waals surface area contributed by atoms with Crippen molar-refractivity contribution in [1.82, 2.24) is 10.2 Å². The van der Waals surface area contributed by atoms with E-state index in [1.165, 1.54) is 4.90 Å². The number of carbonyl (C=O) groups is 2. The highest BCUT2D eigenvalue weighted by Crippen LogP contribution is 2.26. The van der Waals surface area contributed by atoms with Gasteiger partial charge in [-0.1, -0.05) is 31.2 Å². The van der Waals surface area contributed by atoms with Crippen LogP contribution < -0.4 is 19.5 Å². The Labute approximate surface area is 177 Å². The first kappa shape index (κ1) is 23.1. The number of benzene rings is 2. The van der Waals surface area contributed by atoms with Crippen molar-refractivity contribution in [3.05, 3.63) is 54.1 Å². The van der Waals surface area contributed by atoms with Crippen molar-refractivity contribution in [3.8, 4) is 17.2 Å². The molecule has 0 aliphatic rings. The van der Waals surface area contributed by atoms with Gasteiger partial charge in [0.1, 0.15) is 11.8 Å². The Morgan fingerprint density at radius 2 is 1.77 bits per heavy atom. The molecular weight excluding hydrogens is 384 g/mol. The molecule has 0 bridgehead atoms. The Hall–Kier alpha value is -3.22. The van der Waals surface area contributed by atoms with E-state index in [0.717, 1.165) is 12.0 Å². The summed E-state index contributed by atoms with van der Waals surface area (Å²) in [4.78, 5) is 27.1. The van der Waals surface area contributed by atoms with Crippen LogP contribution in [0.3, 0.4) is 0 Å². The molecule has 0 aromatic heterocycles. The van der Waals surface area contributed by atoms with Crippen LogP contribution in [0.25, 0.3) is 0 Å².